The minimum atomic E-state index is -4.45. The summed E-state index contributed by atoms with van der Waals surface area (Å²) in [6, 6.07) is 4.22. The molecule has 0 spiro atoms. The molecule has 1 aromatic heterocycles. The van der Waals surface area contributed by atoms with E-state index in [0.29, 0.717) is 5.13 Å². The summed E-state index contributed by atoms with van der Waals surface area (Å²) in [4.78, 5) is 4.09. The summed E-state index contributed by atoms with van der Waals surface area (Å²) < 4.78 is 38.8. The topological polar surface area (TPSA) is 37.3 Å². The quantitative estimate of drug-likeness (QED) is 0.634. The van der Waals surface area contributed by atoms with Gasteiger partial charge in [-0.25, -0.2) is 4.98 Å². The number of halogens is 4. The third-order valence-electron chi connectivity index (χ3n) is 2.31. The van der Waals surface area contributed by atoms with Crippen molar-refractivity contribution in [2.45, 2.75) is 13.1 Å². The number of rotatable bonds is 3. The molecule has 0 amide bonds. The smallest absolute Gasteiger partial charge is 0.253 e. The van der Waals surface area contributed by atoms with Crippen LogP contribution in [-0.2, 0) is 6.18 Å². The molecule has 0 saturated carbocycles. The van der Waals surface area contributed by atoms with E-state index in [1.807, 2.05) is 12.3 Å². The molecule has 8 heteroatoms. The molecule has 1 N–H and O–H groups in total. The summed E-state index contributed by atoms with van der Waals surface area (Å²) in [6.45, 7) is 1.82. The van der Waals surface area contributed by atoms with Crippen LogP contribution in [0, 0.1) is 6.92 Å². The number of hydrogen-bond acceptors (Lipinski definition) is 4. The summed E-state index contributed by atoms with van der Waals surface area (Å²) in [6.07, 6.45) is -3.32. The number of anilines is 1. The monoisotopic (exact) mass is 363 g/mol. The molecule has 0 aliphatic carbocycles. The Bertz CT molecular complexity index is 637. The van der Waals surface area contributed by atoms with Crippen molar-refractivity contribution in [2.24, 2.45) is 5.10 Å². The van der Waals surface area contributed by atoms with Gasteiger partial charge in [0.25, 0.3) is 0 Å². The van der Waals surface area contributed by atoms with Crippen LogP contribution in [0.5, 0.6) is 0 Å². The standard InChI is InChI=1S/C12H9BrF3N3S/c1-7-6-20-11(18-7)19-17-5-8-3-2-4-9(13)10(8)12(14,15)16/h2-6H,1H3,(H,18,19). The van der Waals surface area contributed by atoms with Crippen molar-refractivity contribution in [3.8, 4) is 0 Å². The van der Waals surface area contributed by atoms with Gasteiger partial charge in [-0.15, -0.1) is 11.3 Å². The zero-order chi connectivity index (χ0) is 14.8. The maximum Gasteiger partial charge on any atom is 0.418 e. The van der Waals surface area contributed by atoms with Gasteiger partial charge in [0.2, 0.25) is 5.13 Å². The number of thiazole rings is 1. The molecular formula is C12H9BrF3N3S. The summed E-state index contributed by atoms with van der Waals surface area (Å²) >= 11 is 4.24. The highest BCUT2D eigenvalue weighted by molar-refractivity contribution is 9.10. The van der Waals surface area contributed by atoms with Crippen LogP contribution >= 0.6 is 27.3 Å². The minimum absolute atomic E-state index is 0.0148. The van der Waals surface area contributed by atoms with Crippen LogP contribution in [0.1, 0.15) is 16.8 Å². The number of aryl methyl sites for hydroxylation is 1. The summed E-state index contributed by atoms with van der Waals surface area (Å²) in [5.74, 6) is 0. The molecule has 1 aromatic carbocycles. The lowest BCUT2D eigenvalue weighted by molar-refractivity contribution is -0.138. The van der Waals surface area contributed by atoms with E-state index in [-0.39, 0.29) is 10.0 Å². The van der Waals surface area contributed by atoms with Gasteiger partial charge in [-0.2, -0.15) is 18.3 Å². The van der Waals surface area contributed by atoms with E-state index in [0.717, 1.165) is 11.9 Å². The lowest BCUT2D eigenvalue weighted by Gasteiger charge is -2.11. The SMILES string of the molecule is Cc1csc(NN=Cc2cccc(Br)c2C(F)(F)F)n1. The van der Waals surface area contributed by atoms with Gasteiger partial charge >= 0.3 is 6.18 Å². The van der Waals surface area contributed by atoms with E-state index in [1.165, 1.54) is 29.5 Å². The lowest BCUT2D eigenvalue weighted by atomic mass is 10.1. The van der Waals surface area contributed by atoms with Crippen LogP contribution in [0.25, 0.3) is 0 Å². The van der Waals surface area contributed by atoms with Gasteiger partial charge in [0.15, 0.2) is 0 Å². The minimum Gasteiger partial charge on any atom is -0.253 e. The Hall–Kier alpha value is -1.41. The van der Waals surface area contributed by atoms with Crippen molar-refractivity contribution in [3.63, 3.8) is 0 Å². The second-order valence-electron chi connectivity index (χ2n) is 3.87. The van der Waals surface area contributed by atoms with Crippen molar-refractivity contribution in [2.75, 3.05) is 5.43 Å². The number of nitrogens with zero attached hydrogens (tertiary/aromatic N) is 2. The van der Waals surface area contributed by atoms with E-state index in [2.05, 4.69) is 31.4 Å². The molecular weight excluding hydrogens is 355 g/mol. The Morgan fingerprint density at radius 2 is 2.15 bits per heavy atom. The fourth-order valence-corrected chi connectivity index (χ4v) is 2.75. The molecule has 106 valence electrons. The number of benzene rings is 1. The number of hydrazone groups is 1. The van der Waals surface area contributed by atoms with Crippen LogP contribution < -0.4 is 5.43 Å². The molecule has 0 aliphatic heterocycles. The molecule has 20 heavy (non-hydrogen) atoms. The zero-order valence-electron chi connectivity index (χ0n) is 10.2. The number of aromatic nitrogens is 1. The van der Waals surface area contributed by atoms with Crippen molar-refractivity contribution in [3.05, 3.63) is 44.9 Å². The molecule has 0 saturated heterocycles. The maximum atomic E-state index is 12.9. The molecule has 0 unspecified atom stereocenters. The van der Waals surface area contributed by atoms with Gasteiger partial charge in [0, 0.05) is 15.4 Å². The fourth-order valence-electron chi connectivity index (χ4n) is 1.51. The highest BCUT2D eigenvalue weighted by Crippen LogP contribution is 2.36. The van der Waals surface area contributed by atoms with Crippen LogP contribution in [-0.4, -0.2) is 11.2 Å². The molecule has 0 atom stereocenters. The van der Waals surface area contributed by atoms with Crippen molar-refractivity contribution in [1.29, 1.82) is 0 Å². The first kappa shape index (κ1) is 15.0. The van der Waals surface area contributed by atoms with Gasteiger partial charge in [0.1, 0.15) is 0 Å². The van der Waals surface area contributed by atoms with Crippen LogP contribution in [0.3, 0.4) is 0 Å². The largest absolute Gasteiger partial charge is 0.418 e. The number of nitrogens with one attached hydrogen (secondary N) is 1. The van der Waals surface area contributed by atoms with Gasteiger partial charge in [-0.1, -0.05) is 28.1 Å². The van der Waals surface area contributed by atoms with Crippen molar-refractivity contribution in [1.82, 2.24) is 4.98 Å². The first-order valence-electron chi connectivity index (χ1n) is 5.45. The van der Waals surface area contributed by atoms with Gasteiger partial charge in [-0.3, -0.25) is 5.43 Å². The molecule has 0 aliphatic rings. The first-order valence-corrected chi connectivity index (χ1v) is 7.12. The van der Waals surface area contributed by atoms with E-state index < -0.39 is 11.7 Å². The van der Waals surface area contributed by atoms with Gasteiger partial charge < -0.3 is 0 Å². The highest BCUT2D eigenvalue weighted by atomic mass is 79.9. The third kappa shape index (κ3) is 3.57. The summed E-state index contributed by atoms with van der Waals surface area (Å²) in [7, 11) is 0. The Morgan fingerprint density at radius 3 is 2.75 bits per heavy atom. The van der Waals surface area contributed by atoms with E-state index in [1.54, 1.807) is 0 Å². The number of alkyl halides is 3. The molecule has 0 bridgehead atoms. The van der Waals surface area contributed by atoms with Crippen LogP contribution in [0.4, 0.5) is 18.3 Å². The average Bonchev–Trinajstić information content (AvgIpc) is 2.73. The normalized spacial score (nSPS) is 12.1. The molecule has 1 heterocycles. The Kier molecular flexibility index (Phi) is 4.44. The second kappa shape index (κ2) is 5.92. The molecule has 3 nitrogen and oxygen atoms in total. The lowest BCUT2D eigenvalue weighted by Crippen LogP contribution is -2.10. The molecule has 0 fully saturated rings. The van der Waals surface area contributed by atoms with Gasteiger partial charge in [0.05, 0.1) is 17.5 Å². The third-order valence-corrected chi connectivity index (χ3v) is 3.84. The second-order valence-corrected chi connectivity index (χ2v) is 5.58. The Morgan fingerprint density at radius 1 is 1.40 bits per heavy atom. The number of hydrogen-bond donors (Lipinski definition) is 1. The molecule has 2 rings (SSSR count). The average molecular weight is 364 g/mol. The Labute approximate surface area is 125 Å². The van der Waals surface area contributed by atoms with E-state index in [4.69, 9.17) is 0 Å². The van der Waals surface area contributed by atoms with Gasteiger partial charge in [-0.05, 0) is 13.0 Å². The van der Waals surface area contributed by atoms with Crippen molar-refractivity contribution < 1.29 is 13.2 Å². The zero-order valence-corrected chi connectivity index (χ0v) is 12.6. The Balaban J connectivity index is 2.23. The van der Waals surface area contributed by atoms with E-state index in [9.17, 15) is 13.2 Å². The maximum absolute atomic E-state index is 12.9. The predicted molar refractivity (Wildman–Crippen MR) is 77.2 cm³/mol. The van der Waals surface area contributed by atoms with Crippen molar-refractivity contribution >= 4 is 38.6 Å². The first-order chi connectivity index (χ1) is 9.38. The summed E-state index contributed by atoms with van der Waals surface area (Å²) in [5.41, 5.74) is 2.66. The fraction of sp³-hybridized carbons (Fsp3) is 0.167. The molecule has 2 aromatic rings. The van der Waals surface area contributed by atoms with Crippen LogP contribution in [0.2, 0.25) is 0 Å². The van der Waals surface area contributed by atoms with Crippen LogP contribution in [0.15, 0.2) is 33.2 Å². The van der Waals surface area contributed by atoms with E-state index >= 15 is 0 Å². The molecule has 0 radical (unpaired) electrons. The summed E-state index contributed by atoms with van der Waals surface area (Å²) in [5, 5.41) is 6.14. The highest BCUT2D eigenvalue weighted by Gasteiger charge is 2.35. The predicted octanol–water partition coefficient (Wildman–Crippen LogP) is 4.68.